The van der Waals surface area contributed by atoms with Gasteiger partial charge in [-0.2, -0.15) is 5.10 Å². The number of benzene rings is 1. The van der Waals surface area contributed by atoms with Gasteiger partial charge in [0.25, 0.3) is 0 Å². The SMILES string of the molecule is CN=C(NCCOc1cccc(C(C)(C)C)c1)NCc1ccnn1C. The average Bonchev–Trinajstić information content (AvgIpc) is 2.99. The number of rotatable bonds is 6. The first-order valence-corrected chi connectivity index (χ1v) is 8.55. The molecule has 1 aromatic heterocycles. The predicted molar refractivity (Wildman–Crippen MR) is 102 cm³/mol. The van der Waals surface area contributed by atoms with Gasteiger partial charge in [-0.15, -0.1) is 0 Å². The fraction of sp³-hybridized carbons (Fsp3) is 0.474. The first-order valence-electron chi connectivity index (χ1n) is 8.55. The van der Waals surface area contributed by atoms with Crippen molar-refractivity contribution in [1.82, 2.24) is 20.4 Å². The molecule has 2 rings (SSSR count). The molecular weight excluding hydrogens is 314 g/mol. The van der Waals surface area contributed by atoms with E-state index in [9.17, 15) is 0 Å². The van der Waals surface area contributed by atoms with Crippen LogP contribution in [0.4, 0.5) is 0 Å². The summed E-state index contributed by atoms with van der Waals surface area (Å²) < 4.78 is 7.69. The maximum Gasteiger partial charge on any atom is 0.191 e. The first-order chi connectivity index (χ1) is 11.9. The second-order valence-electron chi connectivity index (χ2n) is 6.92. The zero-order valence-electron chi connectivity index (χ0n) is 15.8. The van der Waals surface area contributed by atoms with E-state index < -0.39 is 0 Å². The Morgan fingerprint density at radius 1 is 1.24 bits per heavy atom. The molecule has 0 amide bonds. The van der Waals surface area contributed by atoms with E-state index in [0.717, 1.165) is 17.4 Å². The van der Waals surface area contributed by atoms with E-state index in [1.165, 1.54) is 5.56 Å². The minimum Gasteiger partial charge on any atom is -0.492 e. The maximum absolute atomic E-state index is 5.85. The number of ether oxygens (including phenoxy) is 1. The first kappa shape index (κ1) is 18.8. The van der Waals surface area contributed by atoms with Crippen LogP contribution in [0, 0.1) is 0 Å². The molecule has 0 spiro atoms. The van der Waals surface area contributed by atoms with Crippen LogP contribution in [0.25, 0.3) is 0 Å². The molecule has 25 heavy (non-hydrogen) atoms. The zero-order valence-corrected chi connectivity index (χ0v) is 15.8. The van der Waals surface area contributed by atoms with Gasteiger partial charge in [0.2, 0.25) is 0 Å². The standard InChI is InChI=1S/C19H29N5O/c1-19(2,3)15-7-6-8-17(13-15)25-12-11-21-18(20-4)22-14-16-9-10-23-24(16)5/h6-10,13H,11-12,14H2,1-5H3,(H2,20,21,22). The summed E-state index contributed by atoms with van der Waals surface area (Å²) in [5.41, 5.74) is 2.49. The van der Waals surface area contributed by atoms with E-state index in [2.05, 4.69) is 53.6 Å². The molecule has 2 aromatic rings. The lowest BCUT2D eigenvalue weighted by molar-refractivity contribution is 0.321. The highest BCUT2D eigenvalue weighted by Crippen LogP contribution is 2.25. The van der Waals surface area contributed by atoms with E-state index in [1.54, 1.807) is 13.2 Å². The number of aryl methyl sites for hydroxylation is 1. The Labute approximate surface area is 150 Å². The highest BCUT2D eigenvalue weighted by molar-refractivity contribution is 5.79. The molecule has 6 heteroatoms. The van der Waals surface area contributed by atoms with Gasteiger partial charge < -0.3 is 15.4 Å². The van der Waals surface area contributed by atoms with Crippen LogP contribution >= 0.6 is 0 Å². The minimum absolute atomic E-state index is 0.120. The second-order valence-corrected chi connectivity index (χ2v) is 6.92. The van der Waals surface area contributed by atoms with Crippen LogP contribution in [0.3, 0.4) is 0 Å². The molecule has 0 fully saturated rings. The third-order valence-corrected chi connectivity index (χ3v) is 3.95. The van der Waals surface area contributed by atoms with Gasteiger partial charge in [-0.05, 0) is 29.2 Å². The van der Waals surface area contributed by atoms with E-state index in [4.69, 9.17) is 4.74 Å². The van der Waals surface area contributed by atoms with Crippen LogP contribution in [0.5, 0.6) is 5.75 Å². The summed E-state index contributed by atoms with van der Waals surface area (Å²) in [5, 5.41) is 10.7. The number of nitrogens with zero attached hydrogens (tertiary/aromatic N) is 3. The molecule has 0 atom stereocenters. The number of guanidine groups is 1. The van der Waals surface area contributed by atoms with Gasteiger partial charge in [0.1, 0.15) is 12.4 Å². The Morgan fingerprint density at radius 3 is 2.68 bits per heavy atom. The predicted octanol–water partition coefficient (Wildman–Crippen LogP) is 2.46. The van der Waals surface area contributed by atoms with Gasteiger partial charge >= 0.3 is 0 Å². The van der Waals surface area contributed by atoms with Crippen LogP contribution in [-0.2, 0) is 19.0 Å². The molecule has 0 aliphatic carbocycles. The van der Waals surface area contributed by atoms with Crippen LogP contribution < -0.4 is 15.4 Å². The van der Waals surface area contributed by atoms with Gasteiger partial charge in [-0.25, -0.2) is 0 Å². The van der Waals surface area contributed by atoms with Gasteiger partial charge in [-0.1, -0.05) is 32.9 Å². The van der Waals surface area contributed by atoms with E-state index in [0.29, 0.717) is 19.7 Å². The molecule has 0 radical (unpaired) electrons. The van der Waals surface area contributed by atoms with Crippen molar-refractivity contribution in [1.29, 1.82) is 0 Å². The third kappa shape index (κ3) is 5.81. The Morgan fingerprint density at radius 2 is 2.04 bits per heavy atom. The number of hydrogen-bond donors (Lipinski definition) is 2. The number of aliphatic imine (C=N–C) groups is 1. The smallest absolute Gasteiger partial charge is 0.191 e. The van der Waals surface area contributed by atoms with Crippen molar-refractivity contribution in [2.75, 3.05) is 20.2 Å². The molecule has 6 nitrogen and oxygen atoms in total. The van der Waals surface area contributed by atoms with Crippen molar-refractivity contribution in [3.05, 3.63) is 47.8 Å². The molecule has 2 N–H and O–H groups in total. The summed E-state index contributed by atoms with van der Waals surface area (Å²) in [6.07, 6.45) is 1.78. The van der Waals surface area contributed by atoms with Crippen molar-refractivity contribution >= 4 is 5.96 Å². The van der Waals surface area contributed by atoms with Crippen LogP contribution in [-0.4, -0.2) is 35.9 Å². The summed E-state index contributed by atoms with van der Waals surface area (Å²) in [4.78, 5) is 4.22. The topological polar surface area (TPSA) is 63.5 Å². The Bertz CT molecular complexity index is 700. The summed E-state index contributed by atoms with van der Waals surface area (Å²) >= 11 is 0. The van der Waals surface area contributed by atoms with E-state index in [-0.39, 0.29) is 5.41 Å². The zero-order chi connectivity index (χ0) is 18.3. The van der Waals surface area contributed by atoms with Gasteiger partial charge in [0, 0.05) is 20.3 Å². The normalized spacial score (nSPS) is 12.1. The number of aromatic nitrogens is 2. The maximum atomic E-state index is 5.85. The summed E-state index contributed by atoms with van der Waals surface area (Å²) in [6, 6.07) is 10.2. The highest BCUT2D eigenvalue weighted by atomic mass is 16.5. The number of nitrogens with one attached hydrogen (secondary N) is 2. The second kappa shape index (κ2) is 8.55. The molecule has 0 aliphatic rings. The van der Waals surface area contributed by atoms with E-state index in [1.807, 2.05) is 29.9 Å². The molecule has 0 unspecified atom stereocenters. The van der Waals surface area contributed by atoms with Crippen molar-refractivity contribution in [2.45, 2.75) is 32.7 Å². The average molecular weight is 343 g/mol. The number of hydrogen-bond acceptors (Lipinski definition) is 3. The van der Waals surface area contributed by atoms with Gasteiger partial charge in [0.05, 0.1) is 18.8 Å². The molecule has 1 aromatic carbocycles. The van der Waals surface area contributed by atoms with Crippen LogP contribution in [0.15, 0.2) is 41.5 Å². The van der Waals surface area contributed by atoms with E-state index >= 15 is 0 Å². The van der Waals surface area contributed by atoms with Crippen molar-refractivity contribution in [3.63, 3.8) is 0 Å². The van der Waals surface area contributed by atoms with Crippen LogP contribution in [0.2, 0.25) is 0 Å². The lowest BCUT2D eigenvalue weighted by atomic mass is 9.87. The molecule has 136 valence electrons. The highest BCUT2D eigenvalue weighted by Gasteiger charge is 2.13. The molecular formula is C19H29N5O. The molecule has 0 saturated carbocycles. The fourth-order valence-corrected chi connectivity index (χ4v) is 2.36. The Kier molecular flexibility index (Phi) is 6.44. The summed E-state index contributed by atoms with van der Waals surface area (Å²) in [6.45, 7) is 8.51. The van der Waals surface area contributed by atoms with Crippen molar-refractivity contribution in [3.8, 4) is 5.75 Å². The quantitative estimate of drug-likeness (QED) is 0.480. The molecule has 0 aliphatic heterocycles. The lowest BCUT2D eigenvalue weighted by Gasteiger charge is -2.20. The minimum atomic E-state index is 0.120. The molecule has 0 bridgehead atoms. The largest absolute Gasteiger partial charge is 0.492 e. The van der Waals surface area contributed by atoms with Crippen molar-refractivity contribution < 1.29 is 4.74 Å². The molecule has 0 saturated heterocycles. The Hall–Kier alpha value is -2.50. The summed E-state index contributed by atoms with van der Waals surface area (Å²) in [5.74, 6) is 1.64. The fourth-order valence-electron chi connectivity index (χ4n) is 2.36. The van der Waals surface area contributed by atoms with Gasteiger partial charge in [-0.3, -0.25) is 9.67 Å². The monoisotopic (exact) mass is 343 g/mol. The van der Waals surface area contributed by atoms with Crippen LogP contribution in [0.1, 0.15) is 32.0 Å². The Balaban J connectivity index is 1.75. The van der Waals surface area contributed by atoms with Gasteiger partial charge in [0.15, 0.2) is 5.96 Å². The summed E-state index contributed by atoms with van der Waals surface area (Å²) in [7, 11) is 3.68. The third-order valence-electron chi connectivity index (χ3n) is 3.95. The van der Waals surface area contributed by atoms with Crippen molar-refractivity contribution in [2.24, 2.45) is 12.0 Å². The lowest BCUT2D eigenvalue weighted by Crippen LogP contribution is -2.39. The molecule has 1 heterocycles.